The highest BCUT2D eigenvalue weighted by Crippen LogP contribution is 2.30. The summed E-state index contributed by atoms with van der Waals surface area (Å²) < 4.78 is 1.80. The lowest BCUT2D eigenvalue weighted by Crippen LogP contribution is -2.32. The minimum Gasteiger partial charge on any atom is -0.299 e. The van der Waals surface area contributed by atoms with Crippen molar-refractivity contribution in [1.29, 1.82) is 0 Å². The minimum atomic E-state index is 0.562. The first kappa shape index (κ1) is 17.0. The van der Waals surface area contributed by atoms with Crippen LogP contribution in [0.15, 0.2) is 43.2 Å². The van der Waals surface area contributed by atoms with Crippen LogP contribution in [0.2, 0.25) is 0 Å². The van der Waals surface area contributed by atoms with Gasteiger partial charge in [-0.1, -0.05) is 24.8 Å². The molecule has 1 aliphatic heterocycles. The molecule has 1 aromatic carbocycles. The second kappa shape index (κ2) is 7.04. The minimum absolute atomic E-state index is 0.562. The average Bonchev–Trinajstić information content (AvgIpc) is 3.02. The Morgan fingerprint density at radius 3 is 2.77 bits per heavy atom. The highest BCUT2D eigenvalue weighted by atomic mass is 15.3. The summed E-state index contributed by atoms with van der Waals surface area (Å²) in [6, 6.07) is 8.74. The number of aryl methyl sites for hydroxylation is 2. The van der Waals surface area contributed by atoms with Gasteiger partial charge < -0.3 is 0 Å². The van der Waals surface area contributed by atoms with Crippen LogP contribution in [-0.2, 0) is 6.54 Å². The Morgan fingerprint density at radius 1 is 1.23 bits per heavy atom. The number of pyridine rings is 1. The monoisotopic (exact) mass is 346 g/mol. The Morgan fingerprint density at radius 2 is 2.04 bits per heavy atom. The molecular formula is C22H26N4. The summed E-state index contributed by atoms with van der Waals surface area (Å²) in [5, 5.41) is 7.03. The maximum atomic E-state index is 4.77. The standard InChI is InChI=1S/C22H26N4/c1-4-26-15-20(17(3)24-26)14-25-10-8-18(9-11-25)22-12-21-16(2)6-5-7-19(21)13-23-22/h4-7,12-13,15,18H,1,8-11,14H2,2-3H3. The fraction of sp³-hybridized carbons (Fsp3) is 0.364. The molecule has 0 radical (unpaired) electrons. The van der Waals surface area contributed by atoms with Crippen LogP contribution in [0.3, 0.4) is 0 Å². The fourth-order valence-corrected chi connectivity index (χ4v) is 3.96. The van der Waals surface area contributed by atoms with E-state index in [2.05, 4.69) is 60.9 Å². The van der Waals surface area contributed by atoms with Crippen LogP contribution in [0.4, 0.5) is 0 Å². The number of piperidine rings is 1. The molecule has 0 aliphatic carbocycles. The van der Waals surface area contributed by atoms with E-state index >= 15 is 0 Å². The Labute approximate surface area is 155 Å². The van der Waals surface area contributed by atoms with Gasteiger partial charge >= 0.3 is 0 Å². The second-order valence-electron chi connectivity index (χ2n) is 7.36. The molecule has 2 aromatic heterocycles. The van der Waals surface area contributed by atoms with Crippen molar-refractivity contribution in [2.75, 3.05) is 13.1 Å². The predicted molar refractivity (Wildman–Crippen MR) is 107 cm³/mol. The molecule has 1 saturated heterocycles. The molecule has 0 amide bonds. The topological polar surface area (TPSA) is 34.0 Å². The smallest absolute Gasteiger partial charge is 0.0642 e. The quantitative estimate of drug-likeness (QED) is 0.696. The van der Waals surface area contributed by atoms with Crippen LogP contribution >= 0.6 is 0 Å². The summed E-state index contributed by atoms with van der Waals surface area (Å²) in [4.78, 5) is 7.29. The van der Waals surface area contributed by atoms with Gasteiger partial charge in [0.15, 0.2) is 0 Å². The van der Waals surface area contributed by atoms with Crippen molar-refractivity contribution in [3.63, 3.8) is 0 Å². The van der Waals surface area contributed by atoms with Crippen molar-refractivity contribution in [3.8, 4) is 0 Å². The lowest BCUT2D eigenvalue weighted by Gasteiger charge is -2.31. The number of aromatic nitrogens is 3. The third-order valence-corrected chi connectivity index (χ3v) is 5.61. The van der Waals surface area contributed by atoms with Gasteiger partial charge in [-0.2, -0.15) is 5.10 Å². The van der Waals surface area contributed by atoms with Gasteiger partial charge in [0, 0.05) is 47.7 Å². The van der Waals surface area contributed by atoms with Crippen LogP contribution in [0.1, 0.15) is 41.3 Å². The molecule has 0 spiro atoms. The summed E-state index contributed by atoms with van der Waals surface area (Å²) in [6.07, 6.45) is 8.20. The molecule has 1 fully saturated rings. The lowest BCUT2D eigenvalue weighted by atomic mass is 9.91. The van der Waals surface area contributed by atoms with Gasteiger partial charge in [0.2, 0.25) is 0 Å². The van der Waals surface area contributed by atoms with Gasteiger partial charge in [-0.05, 0) is 56.8 Å². The fourth-order valence-electron chi connectivity index (χ4n) is 3.96. The van der Waals surface area contributed by atoms with E-state index in [1.54, 1.807) is 10.9 Å². The van der Waals surface area contributed by atoms with Gasteiger partial charge in [0.1, 0.15) is 0 Å². The van der Waals surface area contributed by atoms with Crippen molar-refractivity contribution in [2.24, 2.45) is 0 Å². The van der Waals surface area contributed by atoms with E-state index in [9.17, 15) is 0 Å². The molecule has 0 saturated carbocycles. The normalized spacial score (nSPS) is 16.2. The molecule has 4 heteroatoms. The van der Waals surface area contributed by atoms with Gasteiger partial charge in [-0.15, -0.1) is 0 Å². The number of likely N-dealkylation sites (tertiary alicyclic amines) is 1. The van der Waals surface area contributed by atoms with Crippen molar-refractivity contribution >= 4 is 17.0 Å². The third kappa shape index (κ3) is 3.29. The molecule has 134 valence electrons. The predicted octanol–water partition coefficient (Wildman–Crippen LogP) is 4.53. The van der Waals surface area contributed by atoms with Gasteiger partial charge in [0.05, 0.1) is 5.69 Å². The Bertz CT molecular complexity index is 932. The van der Waals surface area contributed by atoms with Crippen molar-refractivity contribution < 1.29 is 0 Å². The lowest BCUT2D eigenvalue weighted by molar-refractivity contribution is 0.203. The van der Waals surface area contributed by atoms with E-state index in [1.807, 2.05) is 6.20 Å². The van der Waals surface area contributed by atoms with E-state index in [-0.39, 0.29) is 0 Å². The first-order valence-electron chi connectivity index (χ1n) is 9.39. The molecule has 4 rings (SSSR count). The maximum Gasteiger partial charge on any atom is 0.0642 e. The first-order chi connectivity index (χ1) is 12.6. The first-order valence-corrected chi connectivity index (χ1v) is 9.39. The molecule has 0 atom stereocenters. The highest BCUT2D eigenvalue weighted by Gasteiger charge is 2.22. The van der Waals surface area contributed by atoms with Gasteiger partial charge in [-0.3, -0.25) is 9.88 Å². The molecule has 4 nitrogen and oxygen atoms in total. The maximum absolute atomic E-state index is 4.77. The number of benzene rings is 1. The van der Waals surface area contributed by atoms with Gasteiger partial charge in [0.25, 0.3) is 0 Å². The van der Waals surface area contributed by atoms with Crippen molar-refractivity contribution in [3.05, 3.63) is 65.8 Å². The summed E-state index contributed by atoms with van der Waals surface area (Å²) >= 11 is 0. The van der Waals surface area contributed by atoms with Crippen LogP contribution < -0.4 is 0 Å². The highest BCUT2D eigenvalue weighted by molar-refractivity contribution is 5.85. The third-order valence-electron chi connectivity index (χ3n) is 5.61. The van der Waals surface area contributed by atoms with E-state index in [0.717, 1.165) is 25.3 Å². The molecule has 3 aromatic rings. The second-order valence-corrected chi connectivity index (χ2v) is 7.36. The number of hydrogen-bond acceptors (Lipinski definition) is 3. The zero-order chi connectivity index (χ0) is 18.1. The number of nitrogens with zero attached hydrogens (tertiary/aromatic N) is 4. The molecule has 26 heavy (non-hydrogen) atoms. The summed E-state index contributed by atoms with van der Waals surface area (Å²) in [6.45, 7) is 11.2. The summed E-state index contributed by atoms with van der Waals surface area (Å²) in [7, 11) is 0. The summed E-state index contributed by atoms with van der Waals surface area (Å²) in [5.74, 6) is 0.562. The zero-order valence-electron chi connectivity index (χ0n) is 15.7. The largest absolute Gasteiger partial charge is 0.299 e. The summed E-state index contributed by atoms with van der Waals surface area (Å²) in [5.41, 5.74) is 4.97. The van der Waals surface area contributed by atoms with E-state index in [0.29, 0.717) is 5.92 Å². The van der Waals surface area contributed by atoms with Crippen LogP contribution in [0, 0.1) is 13.8 Å². The number of fused-ring (bicyclic) bond motifs is 1. The van der Waals surface area contributed by atoms with Gasteiger partial charge in [-0.25, -0.2) is 4.68 Å². The van der Waals surface area contributed by atoms with Crippen LogP contribution in [0.5, 0.6) is 0 Å². The van der Waals surface area contributed by atoms with E-state index < -0.39 is 0 Å². The number of hydrogen-bond donors (Lipinski definition) is 0. The van der Waals surface area contributed by atoms with E-state index in [1.165, 1.54) is 40.4 Å². The molecule has 0 N–H and O–H groups in total. The molecule has 0 unspecified atom stereocenters. The van der Waals surface area contributed by atoms with Crippen molar-refractivity contribution in [2.45, 2.75) is 39.2 Å². The van der Waals surface area contributed by atoms with Crippen LogP contribution in [0.25, 0.3) is 17.0 Å². The molecule has 0 bridgehead atoms. The Balaban J connectivity index is 1.44. The molecular weight excluding hydrogens is 320 g/mol. The Kier molecular flexibility index (Phi) is 4.60. The SMILES string of the molecule is C=Cn1cc(CN2CCC(c3cc4c(C)cccc4cn3)CC2)c(C)n1. The average molecular weight is 346 g/mol. The Hall–Kier alpha value is -2.46. The van der Waals surface area contributed by atoms with Crippen molar-refractivity contribution in [1.82, 2.24) is 19.7 Å². The van der Waals surface area contributed by atoms with Crippen LogP contribution in [-0.4, -0.2) is 32.8 Å². The molecule has 3 heterocycles. The van der Waals surface area contributed by atoms with E-state index in [4.69, 9.17) is 4.98 Å². The number of rotatable bonds is 4. The molecule has 1 aliphatic rings. The zero-order valence-corrected chi connectivity index (χ0v) is 15.7.